The van der Waals surface area contributed by atoms with Crippen LogP contribution in [0.2, 0.25) is 0 Å². The van der Waals surface area contributed by atoms with Crippen LogP contribution in [0.25, 0.3) is 0 Å². The predicted molar refractivity (Wildman–Crippen MR) is 73.2 cm³/mol. The fourth-order valence-electron chi connectivity index (χ4n) is 2.09. The maximum Gasteiger partial charge on any atom is 0.375 e. The molecule has 0 aliphatic heterocycles. The van der Waals surface area contributed by atoms with E-state index < -0.39 is 11.8 Å². The predicted octanol–water partition coefficient (Wildman–Crippen LogP) is 3.53. The molecule has 0 aliphatic rings. The van der Waals surface area contributed by atoms with Crippen LogP contribution in [0, 0.1) is 11.8 Å². The molecule has 104 valence electrons. The summed E-state index contributed by atoms with van der Waals surface area (Å²) in [5, 5.41) is 0. The van der Waals surface area contributed by atoms with Crippen molar-refractivity contribution in [1.82, 2.24) is 0 Å². The molecule has 0 aromatic carbocycles. The van der Waals surface area contributed by atoms with Crippen molar-refractivity contribution in [2.75, 3.05) is 0 Å². The zero-order valence-electron chi connectivity index (χ0n) is 12.1. The number of ether oxygens (including phenoxy) is 1. The molecular weight excluding hydrogens is 228 g/mol. The number of ketones is 1. The lowest BCUT2D eigenvalue weighted by atomic mass is 9.82. The molecule has 0 saturated heterocycles. The van der Waals surface area contributed by atoms with E-state index in [0.29, 0.717) is 6.42 Å². The van der Waals surface area contributed by atoms with Gasteiger partial charge in [-0.15, -0.1) is 6.58 Å². The Kier molecular flexibility index (Phi) is 8.34. The number of hydrogen-bond acceptors (Lipinski definition) is 3. The van der Waals surface area contributed by atoms with Gasteiger partial charge in [0.15, 0.2) is 0 Å². The number of hydrogen-bond donors (Lipinski definition) is 0. The van der Waals surface area contributed by atoms with E-state index in [-0.39, 0.29) is 17.9 Å². The van der Waals surface area contributed by atoms with Gasteiger partial charge < -0.3 is 4.74 Å². The molecule has 0 amide bonds. The van der Waals surface area contributed by atoms with Crippen molar-refractivity contribution < 1.29 is 14.3 Å². The third kappa shape index (κ3) is 5.48. The van der Waals surface area contributed by atoms with E-state index >= 15 is 0 Å². The van der Waals surface area contributed by atoms with Crippen molar-refractivity contribution >= 4 is 11.8 Å². The van der Waals surface area contributed by atoms with E-state index in [4.69, 9.17) is 4.74 Å². The lowest BCUT2D eigenvalue weighted by molar-refractivity contribution is -0.159. The van der Waals surface area contributed by atoms with Gasteiger partial charge in [-0.1, -0.05) is 32.8 Å². The Morgan fingerprint density at radius 3 is 2.11 bits per heavy atom. The molecule has 2 atom stereocenters. The number of Topliss-reactive ketones (excluding diaryl/α,β-unsaturated/α-hetero) is 1. The highest BCUT2D eigenvalue weighted by Crippen LogP contribution is 2.25. The number of esters is 1. The first kappa shape index (κ1) is 16.9. The molecule has 3 heteroatoms. The van der Waals surface area contributed by atoms with Gasteiger partial charge in [0.25, 0.3) is 0 Å². The summed E-state index contributed by atoms with van der Waals surface area (Å²) < 4.78 is 4.99. The quantitative estimate of drug-likeness (QED) is 0.359. The first-order valence-electron chi connectivity index (χ1n) is 6.85. The summed E-state index contributed by atoms with van der Waals surface area (Å²) in [6.45, 7) is 11.4. The van der Waals surface area contributed by atoms with Crippen molar-refractivity contribution in [2.24, 2.45) is 11.8 Å². The lowest BCUT2D eigenvalue weighted by Gasteiger charge is -2.22. The molecule has 0 aromatic rings. The molecule has 3 nitrogen and oxygen atoms in total. The average Bonchev–Trinajstić information content (AvgIpc) is 2.31. The minimum Gasteiger partial charge on any atom is -0.457 e. The average molecular weight is 254 g/mol. The third-order valence-electron chi connectivity index (χ3n) is 2.92. The minimum absolute atomic E-state index is 0.0714. The maximum absolute atomic E-state index is 12.1. The van der Waals surface area contributed by atoms with Crippen LogP contribution in [-0.4, -0.2) is 17.9 Å². The van der Waals surface area contributed by atoms with Gasteiger partial charge >= 0.3 is 5.97 Å². The Balaban J connectivity index is 4.80. The molecular formula is C15H26O3. The van der Waals surface area contributed by atoms with Crippen LogP contribution in [0.5, 0.6) is 0 Å². The zero-order chi connectivity index (χ0) is 14.1. The fraction of sp³-hybridized carbons (Fsp3) is 0.733. The van der Waals surface area contributed by atoms with Crippen LogP contribution < -0.4 is 0 Å². The van der Waals surface area contributed by atoms with E-state index in [1.807, 2.05) is 6.92 Å². The van der Waals surface area contributed by atoms with Gasteiger partial charge in [-0.25, -0.2) is 4.79 Å². The van der Waals surface area contributed by atoms with Crippen LogP contribution in [-0.2, 0) is 14.3 Å². The molecule has 0 heterocycles. The van der Waals surface area contributed by atoms with Gasteiger partial charge in [0, 0.05) is 5.92 Å². The summed E-state index contributed by atoms with van der Waals surface area (Å²) in [6, 6.07) is 0. The van der Waals surface area contributed by atoms with E-state index in [1.54, 1.807) is 19.9 Å². The molecule has 0 fully saturated rings. The summed E-state index contributed by atoms with van der Waals surface area (Å²) in [5.41, 5.74) is 0. The van der Waals surface area contributed by atoms with Crippen molar-refractivity contribution in [3.8, 4) is 0 Å². The van der Waals surface area contributed by atoms with Gasteiger partial charge in [0.05, 0.1) is 6.10 Å². The van der Waals surface area contributed by atoms with Crippen molar-refractivity contribution in [3.05, 3.63) is 12.7 Å². The summed E-state index contributed by atoms with van der Waals surface area (Å²) >= 11 is 0. The van der Waals surface area contributed by atoms with Crippen LogP contribution in [0.4, 0.5) is 0 Å². The second-order valence-electron chi connectivity index (χ2n) is 4.90. The monoisotopic (exact) mass is 254 g/mol. The Morgan fingerprint density at radius 2 is 1.72 bits per heavy atom. The summed E-state index contributed by atoms with van der Waals surface area (Å²) in [5.74, 6) is -1.31. The fourth-order valence-corrected chi connectivity index (χ4v) is 2.09. The Hall–Kier alpha value is -1.12. The van der Waals surface area contributed by atoms with Gasteiger partial charge in [0.2, 0.25) is 5.78 Å². The number of rotatable bonds is 9. The highest BCUT2D eigenvalue weighted by Gasteiger charge is 2.31. The lowest BCUT2D eigenvalue weighted by Crippen LogP contribution is -2.32. The standard InChI is InChI=1S/C15H26O3/c1-6-9-12(8-3)13(10-7-2)14(16)15(17)18-11(4)5/h8,11-13H,3,6-7,9-10H2,1-2,4-5H3/t12-,13+/m0/s1. The molecule has 0 radical (unpaired) electrons. The van der Waals surface area contributed by atoms with Crippen molar-refractivity contribution in [2.45, 2.75) is 59.5 Å². The van der Waals surface area contributed by atoms with Gasteiger partial charge in [-0.2, -0.15) is 0 Å². The van der Waals surface area contributed by atoms with Gasteiger partial charge in [0.1, 0.15) is 0 Å². The molecule has 0 unspecified atom stereocenters. The van der Waals surface area contributed by atoms with Crippen molar-refractivity contribution in [1.29, 1.82) is 0 Å². The van der Waals surface area contributed by atoms with Crippen molar-refractivity contribution in [3.63, 3.8) is 0 Å². The summed E-state index contributed by atoms with van der Waals surface area (Å²) in [4.78, 5) is 23.8. The molecule has 0 rings (SSSR count). The van der Waals surface area contributed by atoms with E-state index in [9.17, 15) is 9.59 Å². The normalized spacial score (nSPS) is 14.1. The minimum atomic E-state index is -0.702. The highest BCUT2D eigenvalue weighted by atomic mass is 16.5. The topological polar surface area (TPSA) is 43.4 Å². The SMILES string of the molecule is C=C[C@@H](CCC)[C@@H](CCC)C(=O)C(=O)OC(C)C. The smallest absolute Gasteiger partial charge is 0.375 e. The number of carbonyl (C=O) groups excluding carboxylic acids is 2. The molecule has 0 aromatic heterocycles. The van der Waals surface area contributed by atoms with E-state index in [1.165, 1.54) is 0 Å². The summed E-state index contributed by atoms with van der Waals surface area (Å²) in [6.07, 6.45) is 4.99. The Bertz CT molecular complexity index is 281. The van der Waals surface area contributed by atoms with Crippen LogP contribution >= 0.6 is 0 Å². The largest absolute Gasteiger partial charge is 0.457 e. The molecule has 0 spiro atoms. The van der Waals surface area contributed by atoms with Crippen LogP contribution in [0.3, 0.4) is 0 Å². The Morgan fingerprint density at radius 1 is 1.17 bits per heavy atom. The van der Waals surface area contributed by atoms with Crippen LogP contribution in [0.1, 0.15) is 53.4 Å². The molecule has 0 N–H and O–H groups in total. The van der Waals surface area contributed by atoms with Gasteiger partial charge in [-0.3, -0.25) is 4.79 Å². The van der Waals surface area contributed by atoms with Gasteiger partial charge in [-0.05, 0) is 32.6 Å². The first-order chi connectivity index (χ1) is 8.47. The summed E-state index contributed by atoms with van der Waals surface area (Å²) in [7, 11) is 0. The second kappa shape index (κ2) is 8.90. The van der Waals surface area contributed by atoms with E-state index in [2.05, 4.69) is 13.5 Å². The molecule has 0 aliphatic carbocycles. The number of carbonyl (C=O) groups is 2. The molecule has 0 bridgehead atoms. The second-order valence-corrected chi connectivity index (χ2v) is 4.90. The highest BCUT2D eigenvalue weighted by molar-refractivity contribution is 6.34. The van der Waals surface area contributed by atoms with Crippen LogP contribution in [0.15, 0.2) is 12.7 Å². The maximum atomic E-state index is 12.1. The third-order valence-corrected chi connectivity index (χ3v) is 2.92. The number of allylic oxidation sites excluding steroid dienone is 1. The molecule has 0 saturated carbocycles. The Labute approximate surface area is 111 Å². The van der Waals surface area contributed by atoms with E-state index in [0.717, 1.165) is 19.3 Å². The first-order valence-corrected chi connectivity index (χ1v) is 6.85. The zero-order valence-corrected chi connectivity index (χ0v) is 12.1. The molecule has 18 heavy (non-hydrogen) atoms.